The van der Waals surface area contributed by atoms with Crippen molar-refractivity contribution in [2.24, 2.45) is 0 Å². The Kier molecular flexibility index (Phi) is 7.47. The fourth-order valence-corrected chi connectivity index (χ4v) is 5.11. The van der Waals surface area contributed by atoms with Crippen molar-refractivity contribution in [3.8, 4) is 28.6 Å². The van der Waals surface area contributed by atoms with E-state index in [0.29, 0.717) is 5.56 Å². The van der Waals surface area contributed by atoms with Crippen LogP contribution in [0.1, 0.15) is 23.3 Å². The molecule has 0 radical (unpaired) electrons. The predicted molar refractivity (Wildman–Crippen MR) is 132 cm³/mol. The summed E-state index contributed by atoms with van der Waals surface area (Å²) in [4.78, 5) is 13.4. The van der Waals surface area contributed by atoms with E-state index in [1.165, 1.54) is 24.3 Å². The highest BCUT2D eigenvalue weighted by Gasteiger charge is 2.48. The van der Waals surface area contributed by atoms with E-state index in [2.05, 4.69) is 0 Å². The van der Waals surface area contributed by atoms with Crippen LogP contribution in [0.4, 0.5) is 0 Å². The van der Waals surface area contributed by atoms with Crippen molar-refractivity contribution >= 4 is 11.0 Å². The van der Waals surface area contributed by atoms with E-state index in [0.717, 1.165) is 6.07 Å². The second kappa shape index (κ2) is 10.6. The topological polar surface area (TPSA) is 251 Å². The van der Waals surface area contributed by atoms with Gasteiger partial charge < -0.3 is 65.0 Å². The summed E-state index contributed by atoms with van der Waals surface area (Å²) in [5.74, 6) is -2.01. The summed E-state index contributed by atoms with van der Waals surface area (Å²) >= 11 is 0. The van der Waals surface area contributed by atoms with Gasteiger partial charge in [0.05, 0.1) is 24.3 Å². The first-order valence-electron chi connectivity index (χ1n) is 12.3. The largest absolute Gasteiger partial charge is 0.508 e. The second-order valence-corrected chi connectivity index (χ2v) is 9.80. The molecule has 5 rings (SSSR count). The van der Waals surface area contributed by atoms with Gasteiger partial charge in [0.1, 0.15) is 83.3 Å². The van der Waals surface area contributed by atoms with Crippen LogP contribution >= 0.6 is 0 Å². The van der Waals surface area contributed by atoms with E-state index in [1.807, 2.05) is 0 Å². The number of aliphatic hydroxyl groups is 7. The number of hydrogen-bond acceptors (Lipinski definition) is 14. The van der Waals surface area contributed by atoms with Gasteiger partial charge in [-0.25, -0.2) is 0 Å². The van der Waals surface area contributed by atoms with Gasteiger partial charge in [-0.1, -0.05) is 0 Å². The number of aromatic hydroxyl groups is 3. The Balaban J connectivity index is 1.80. The first-order valence-corrected chi connectivity index (χ1v) is 12.3. The molecule has 0 bridgehead atoms. The number of hydrogen-bond donors (Lipinski definition) is 10. The fraction of sp³-hybridized carbons (Fsp3) is 0.423. The van der Waals surface area contributed by atoms with Crippen molar-refractivity contribution in [2.45, 2.75) is 54.9 Å². The standard InChI is InChI=1S/C26H28O14/c27-6-13-18(32)21(35)23(37)26(40-13)15-19(33)14-10(29)5-12(8-1-3-9(28)4-2-8)39-24(14)16(20(15)34)25-22(36)17(31)11(30)7-38-25/h1-5,11,13,17-18,21-23,25-28,30-37H,6-7H2/t11-,13-,17-,18-,21+,22-,23-,25?,26+/m1/s1. The maximum absolute atomic E-state index is 13.4. The Bertz CT molecular complexity index is 1450. The summed E-state index contributed by atoms with van der Waals surface area (Å²) in [6.07, 6.45) is -15.7. The molecule has 0 amide bonds. The average Bonchev–Trinajstić information content (AvgIpc) is 2.92. The number of fused-ring (bicyclic) bond motifs is 1. The molecule has 14 heteroatoms. The van der Waals surface area contributed by atoms with Gasteiger partial charge in [0.2, 0.25) is 0 Å². The van der Waals surface area contributed by atoms with Gasteiger partial charge in [-0.3, -0.25) is 4.79 Å². The molecule has 1 aromatic heterocycles. The lowest BCUT2D eigenvalue weighted by Crippen LogP contribution is -2.55. The van der Waals surface area contributed by atoms with Crippen LogP contribution in [0.5, 0.6) is 17.2 Å². The van der Waals surface area contributed by atoms with Crippen LogP contribution in [-0.4, -0.2) is 107 Å². The summed E-state index contributed by atoms with van der Waals surface area (Å²) in [7, 11) is 0. The molecule has 9 atom stereocenters. The molecule has 2 saturated heterocycles. The lowest BCUT2D eigenvalue weighted by Gasteiger charge is -2.41. The first kappa shape index (κ1) is 28.2. The molecule has 10 N–H and O–H groups in total. The zero-order valence-electron chi connectivity index (χ0n) is 20.6. The van der Waals surface area contributed by atoms with Crippen molar-refractivity contribution < 1.29 is 65.0 Å². The monoisotopic (exact) mass is 564 g/mol. The average molecular weight is 564 g/mol. The van der Waals surface area contributed by atoms with Gasteiger partial charge in [0.25, 0.3) is 0 Å². The lowest BCUT2D eigenvalue weighted by molar-refractivity contribution is -0.232. The SMILES string of the molecule is O=c1cc(-c2ccc(O)cc2)oc2c(C3OC[C@@H](O)[C@@H](O)[C@H]3O)c(O)c([C@@H]3O[C@H](CO)[C@@H](O)[C@H](O)[C@H]3O)c(O)c12. The smallest absolute Gasteiger partial charge is 0.197 e. The molecule has 40 heavy (non-hydrogen) atoms. The summed E-state index contributed by atoms with van der Waals surface area (Å²) < 4.78 is 16.9. The van der Waals surface area contributed by atoms with Crippen molar-refractivity contribution in [1.82, 2.24) is 0 Å². The predicted octanol–water partition coefficient (Wildman–Crippen LogP) is -1.75. The Morgan fingerprint density at radius 2 is 1.43 bits per heavy atom. The molecule has 3 heterocycles. The summed E-state index contributed by atoms with van der Waals surface area (Å²) in [6.45, 7) is -1.34. The quantitative estimate of drug-likeness (QED) is 0.169. The number of ether oxygens (including phenoxy) is 2. The molecule has 0 spiro atoms. The molecule has 216 valence electrons. The Labute approximate surface area is 224 Å². The zero-order chi connectivity index (χ0) is 29.0. The number of phenolic OH excluding ortho intramolecular Hbond substituents is 3. The molecular weight excluding hydrogens is 536 g/mol. The highest BCUT2D eigenvalue weighted by molar-refractivity contribution is 5.92. The number of phenols is 3. The molecule has 2 aromatic carbocycles. The van der Waals surface area contributed by atoms with Crippen LogP contribution in [0.3, 0.4) is 0 Å². The van der Waals surface area contributed by atoms with E-state index in [-0.39, 0.29) is 11.5 Å². The van der Waals surface area contributed by atoms with Gasteiger partial charge in [-0.2, -0.15) is 0 Å². The molecule has 0 aliphatic carbocycles. The second-order valence-electron chi connectivity index (χ2n) is 9.80. The van der Waals surface area contributed by atoms with Crippen molar-refractivity contribution in [3.63, 3.8) is 0 Å². The third kappa shape index (κ3) is 4.49. The van der Waals surface area contributed by atoms with Crippen molar-refractivity contribution in [1.29, 1.82) is 0 Å². The van der Waals surface area contributed by atoms with Crippen LogP contribution in [-0.2, 0) is 9.47 Å². The van der Waals surface area contributed by atoms with E-state index < -0.39 is 107 Å². The zero-order valence-corrected chi connectivity index (χ0v) is 20.6. The summed E-state index contributed by atoms with van der Waals surface area (Å²) in [5.41, 5.74) is -2.15. The third-order valence-electron chi connectivity index (χ3n) is 7.31. The minimum absolute atomic E-state index is 0.0710. The first-order chi connectivity index (χ1) is 19.0. The van der Waals surface area contributed by atoms with Crippen molar-refractivity contribution in [3.05, 3.63) is 51.7 Å². The van der Waals surface area contributed by atoms with Crippen LogP contribution in [0.2, 0.25) is 0 Å². The highest BCUT2D eigenvalue weighted by Crippen LogP contribution is 2.50. The molecule has 2 fully saturated rings. The Morgan fingerprint density at radius 3 is 2.08 bits per heavy atom. The van der Waals surface area contributed by atoms with Gasteiger partial charge in [-0.05, 0) is 24.3 Å². The molecular formula is C26H28O14. The van der Waals surface area contributed by atoms with E-state index in [4.69, 9.17) is 13.9 Å². The maximum Gasteiger partial charge on any atom is 0.197 e. The highest BCUT2D eigenvalue weighted by atomic mass is 16.5. The van der Waals surface area contributed by atoms with Crippen molar-refractivity contribution in [2.75, 3.05) is 13.2 Å². The van der Waals surface area contributed by atoms with Gasteiger partial charge in [0.15, 0.2) is 11.0 Å². The van der Waals surface area contributed by atoms with E-state index in [9.17, 15) is 55.9 Å². The lowest BCUT2D eigenvalue weighted by atomic mass is 9.85. The van der Waals surface area contributed by atoms with E-state index in [1.54, 1.807) is 0 Å². The summed E-state index contributed by atoms with van der Waals surface area (Å²) in [5, 5.41) is 104. The molecule has 3 aromatic rings. The number of rotatable bonds is 4. The van der Waals surface area contributed by atoms with Crippen LogP contribution in [0.15, 0.2) is 39.5 Å². The van der Waals surface area contributed by atoms with Gasteiger partial charge in [0, 0.05) is 11.6 Å². The molecule has 1 unspecified atom stereocenters. The van der Waals surface area contributed by atoms with Crippen LogP contribution in [0, 0.1) is 0 Å². The molecule has 2 aliphatic rings. The van der Waals surface area contributed by atoms with Gasteiger partial charge in [-0.15, -0.1) is 0 Å². The minimum atomic E-state index is -1.98. The van der Waals surface area contributed by atoms with Gasteiger partial charge >= 0.3 is 0 Å². The van der Waals surface area contributed by atoms with Crippen LogP contribution < -0.4 is 5.43 Å². The Morgan fingerprint density at radius 1 is 0.775 bits per heavy atom. The number of aliphatic hydroxyl groups excluding tert-OH is 7. The molecule has 0 saturated carbocycles. The minimum Gasteiger partial charge on any atom is -0.508 e. The fourth-order valence-electron chi connectivity index (χ4n) is 5.11. The maximum atomic E-state index is 13.4. The molecule has 2 aliphatic heterocycles. The Hall–Kier alpha value is -3.31. The number of benzene rings is 2. The third-order valence-corrected chi connectivity index (χ3v) is 7.31. The van der Waals surface area contributed by atoms with E-state index >= 15 is 0 Å². The molecule has 14 nitrogen and oxygen atoms in total. The van der Waals surface area contributed by atoms with Crippen LogP contribution in [0.25, 0.3) is 22.3 Å². The summed E-state index contributed by atoms with van der Waals surface area (Å²) in [6, 6.07) is 6.50. The normalized spacial score (nSPS) is 32.8.